The van der Waals surface area contributed by atoms with E-state index in [0.29, 0.717) is 12.8 Å². The third-order valence-corrected chi connectivity index (χ3v) is 2.85. The number of hydrogen-bond donors (Lipinski definition) is 1. The SMILES string of the molecule is FC(F)(F)CC=C1CCN(c2ccn[nH]2)CC1. The summed E-state index contributed by atoms with van der Waals surface area (Å²) < 4.78 is 36.1. The van der Waals surface area contributed by atoms with Crippen LogP contribution < -0.4 is 4.90 Å². The zero-order valence-electron chi connectivity index (χ0n) is 9.30. The van der Waals surface area contributed by atoms with Gasteiger partial charge in [0.15, 0.2) is 0 Å². The van der Waals surface area contributed by atoms with Crippen LogP contribution >= 0.6 is 0 Å². The van der Waals surface area contributed by atoms with Crippen LogP contribution in [-0.4, -0.2) is 29.5 Å². The number of aromatic amines is 1. The van der Waals surface area contributed by atoms with Crippen molar-refractivity contribution in [3.05, 3.63) is 23.9 Å². The van der Waals surface area contributed by atoms with Gasteiger partial charge in [-0.05, 0) is 12.8 Å². The largest absolute Gasteiger partial charge is 0.392 e. The summed E-state index contributed by atoms with van der Waals surface area (Å²) in [5.41, 5.74) is 0.901. The fourth-order valence-electron chi connectivity index (χ4n) is 1.92. The first-order valence-corrected chi connectivity index (χ1v) is 5.53. The number of rotatable bonds is 2. The fraction of sp³-hybridized carbons (Fsp3) is 0.545. The van der Waals surface area contributed by atoms with E-state index < -0.39 is 12.6 Å². The highest BCUT2D eigenvalue weighted by Crippen LogP contribution is 2.25. The van der Waals surface area contributed by atoms with Gasteiger partial charge in [-0.3, -0.25) is 5.10 Å². The molecule has 1 aliphatic rings. The molecule has 0 unspecified atom stereocenters. The van der Waals surface area contributed by atoms with Gasteiger partial charge in [-0.25, -0.2) is 0 Å². The molecule has 0 aromatic carbocycles. The van der Waals surface area contributed by atoms with Crippen LogP contribution in [0.1, 0.15) is 19.3 Å². The van der Waals surface area contributed by atoms with Crippen LogP contribution in [0.2, 0.25) is 0 Å². The Morgan fingerprint density at radius 3 is 2.59 bits per heavy atom. The van der Waals surface area contributed by atoms with E-state index in [1.165, 1.54) is 6.08 Å². The summed E-state index contributed by atoms with van der Waals surface area (Å²) in [6.45, 7) is 1.48. The van der Waals surface area contributed by atoms with E-state index in [1.54, 1.807) is 6.20 Å². The summed E-state index contributed by atoms with van der Waals surface area (Å²) in [5, 5.41) is 6.71. The van der Waals surface area contributed by atoms with Crippen molar-refractivity contribution in [3.8, 4) is 0 Å². The van der Waals surface area contributed by atoms with Gasteiger partial charge in [-0.1, -0.05) is 11.6 Å². The lowest BCUT2D eigenvalue weighted by atomic mass is 10.0. The number of nitrogens with one attached hydrogen (secondary N) is 1. The Balaban J connectivity index is 1.86. The van der Waals surface area contributed by atoms with E-state index >= 15 is 0 Å². The molecule has 1 saturated heterocycles. The second-order valence-corrected chi connectivity index (χ2v) is 4.11. The standard InChI is InChI=1S/C11H14F3N3/c12-11(13,14)5-1-9-3-7-17(8-4-9)10-2-6-15-16-10/h1-2,6H,3-5,7-8H2,(H,15,16). The molecule has 1 aromatic heterocycles. The van der Waals surface area contributed by atoms with Gasteiger partial charge in [0, 0.05) is 19.2 Å². The molecule has 0 aliphatic carbocycles. The molecular formula is C11H14F3N3. The molecule has 0 atom stereocenters. The molecule has 2 rings (SSSR count). The summed E-state index contributed by atoms with van der Waals surface area (Å²) in [4.78, 5) is 2.10. The van der Waals surface area contributed by atoms with E-state index in [0.717, 1.165) is 24.5 Å². The van der Waals surface area contributed by atoms with Gasteiger partial charge in [-0.15, -0.1) is 0 Å². The molecular weight excluding hydrogens is 231 g/mol. The molecule has 1 N–H and O–H groups in total. The van der Waals surface area contributed by atoms with Crippen molar-refractivity contribution in [2.75, 3.05) is 18.0 Å². The lowest BCUT2D eigenvalue weighted by Gasteiger charge is -2.28. The Bertz CT molecular complexity index is 371. The molecule has 0 saturated carbocycles. The molecule has 0 bridgehead atoms. The van der Waals surface area contributed by atoms with Crippen LogP contribution in [0.25, 0.3) is 0 Å². The number of halogens is 3. The summed E-state index contributed by atoms with van der Waals surface area (Å²) in [6, 6.07) is 1.87. The molecule has 2 heterocycles. The highest BCUT2D eigenvalue weighted by molar-refractivity contribution is 5.38. The minimum Gasteiger partial charge on any atom is -0.356 e. The number of piperidine rings is 1. The van der Waals surface area contributed by atoms with Gasteiger partial charge in [0.25, 0.3) is 0 Å². The Hall–Kier alpha value is -1.46. The van der Waals surface area contributed by atoms with Crippen LogP contribution in [0, 0.1) is 0 Å². The maximum Gasteiger partial charge on any atom is 0.392 e. The van der Waals surface area contributed by atoms with Crippen molar-refractivity contribution in [2.24, 2.45) is 0 Å². The van der Waals surface area contributed by atoms with Gasteiger partial charge in [0.1, 0.15) is 5.82 Å². The first-order valence-electron chi connectivity index (χ1n) is 5.53. The minimum absolute atomic E-state index is 0.690. The van der Waals surface area contributed by atoms with Gasteiger partial charge in [-0.2, -0.15) is 18.3 Å². The predicted octanol–water partition coefficient (Wildman–Crippen LogP) is 2.89. The minimum atomic E-state index is -4.09. The molecule has 6 heteroatoms. The normalized spacial score (nSPS) is 17.4. The Kier molecular flexibility index (Phi) is 3.40. The topological polar surface area (TPSA) is 31.9 Å². The molecule has 0 radical (unpaired) electrons. The van der Waals surface area contributed by atoms with Crippen LogP contribution in [0.5, 0.6) is 0 Å². The fourth-order valence-corrected chi connectivity index (χ4v) is 1.92. The second kappa shape index (κ2) is 4.81. The maximum atomic E-state index is 12.0. The van der Waals surface area contributed by atoms with E-state index in [2.05, 4.69) is 15.1 Å². The summed E-state index contributed by atoms with van der Waals surface area (Å²) in [5.74, 6) is 0.930. The number of aromatic nitrogens is 2. The van der Waals surface area contributed by atoms with Crippen molar-refractivity contribution in [2.45, 2.75) is 25.4 Å². The quantitative estimate of drug-likeness (QED) is 0.812. The summed E-state index contributed by atoms with van der Waals surface area (Å²) in [7, 11) is 0. The Morgan fingerprint density at radius 2 is 2.06 bits per heavy atom. The number of hydrogen-bond acceptors (Lipinski definition) is 2. The van der Waals surface area contributed by atoms with Gasteiger partial charge in [0.05, 0.1) is 12.6 Å². The van der Waals surface area contributed by atoms with Gasteiger partial charge >= 0.3 is 6.18 Å². The molecule has 1 aromatic rings. The zero-order valence-corrected chi connectivity index (χ0v) is 9.30. The monoisotopic (exact) mass is 245 g/mol. The van der Waals surface area contributed by atoms with Crippen LogP contribution in [0.15, 0.2) is 23.9 Å². The molecule has 1 fully saturated rings. The molecule has 0 spiro atoms. The Labute approximate surface area is 97.3 Å². The lowest BCUT2D eigenvalue weighted by Crippen LogP contribution is -2.30. The maximum absolute atomic E-state index is 12.0. The van der Waals surface area contributed by atoms with Gasteiger partial charge < -0.3 is 4.90 Å². The predicted molar refractivity (Wildman–Crippen MR) is 58.8 cm³/mol. The number of H-pyrrole nitrogens is 1. The summed E-state index contributed by atoms with van der Waals surface area (Å²) >= 11 is 0. The first kappa shape index (κ1) is 12.0. The zero-order chi connectivity index (χ0) is 12.3. The van der Waals surface area contributed by atoms with Crippen molar-refractivity contribution in [3.63, 3.8) is 0 Å². The molecule has 17 heavy (non-hydrogen) atoms. The highest BCUT2D eigenvalue weighted by atomic mass is 19.4. The smallest absolute Gasteiger partial charge is 0.356 e. The third kappa shape index (κ3) is 3.51. The van der Waals surface area contributed by atoms with Crippen LogP contribution in [0.3, 0.4) is 0 Å². The van der Waals surface area contributed by atoms with Crippen molar-refractivity contribution >= 4 is 5.82 Å². The molecule has 94 valence electrons. The number of allylic oxidation sites excluding steroid dienone is 1. The lowest BCUT2D eigenvalue weighted by molar-refractivity contribution is -0.125. The van der Waals surface area contributed by atoms with Crippen LogP contribution in [-0.2, 0) is 0 Å². The van der Waals surface area contributed by atoms with E-state index in [9.17, 15) is 13.2 Å². The number of nitrogens with zero attached hydrogens (tertiary/aromatic N) is 2. The van der Waals surface area contributed by atoms with Gasteiger partial charge in [0.2, 0.25) is 0 Å². The second-order valence-electron chi connectivity index (χ2n) is 4.11. The molecule has 1 aliphatic heterocycles. The van der Waals surface area contributed by atoms with E-state index in [4.69, 9.17) is 0 Å². The summed E-state index contributed by atoms with van der Waals surface area (Å²) in [6.07, 6.45) is -0.529. The average Bonchev–Trinajstić information content (AvgIpc) is 2.79. The highest BCUT2D eigenvalue weighted by Gasteiger charge is 2.26. The van der Waals surface area contributed by atoms with Crippen molar-refractivity contribution in [1.82, 2.24) is 10.2 Å². The first-order chi connectivity index (χ1) is 8.04. The van der Waals surface area contributed by atoms with Crippen molar-refractivity contribution in [1.29, 1.82) is 0 Å². The van der Waals surface area contributed by atoms with Crippen molar-refractivity contribution < 1.29 is 13.2 Å². The van der Waals surface area contributed by atoms with Crippen LogP contribution in [0.4, 0.5) is 19.0 Å². The molecule has 0 amide bonds. The van der Waals surface area contributed by atoms with E-state index in [1.807, 2.05) is 6.07 Å². The Morgan fingerprint density at radius 1 is 1.35 bits per heavy atom. The average molecular weight is 245 g/mol. The third-order valence-electron chi connectivity index (χ3n) is 2.85. The molecule has 3 nitrogen and oxygen atoms in total. The number of alkyl halides is 3. The van der Waals surface area contributed by atoms with E-state index in [-0.39, 0.29) is 0 Å². The number of anilines is 1.